The smallest absolute Gasteiger partial charge is 0.142 e. The Bertz CT molecular complexity index is 342. The van der Waals surface area contributed by atoms with E-state index in [0.29, 0.717) is 12.3 Å². The van der Waals surface area contributed by atoms with Gasteiger partial charge in [-0.3, -0.25) is 0 Å². The molecule has 4 nitrogen and oxygen atoms in total. The minimum absolute atomic E-state index is 0.673. The minimum atomic E-state index is 0.673. The van der Waals surface area contributed by atoms with Crippen LogP contribution in [0, 0.1) is 0 Å². The largest absolute Gasteiger partial charge is 0.490 e. The van der Waals surface area contributed by atoms with E-state index in [1.165, 1.54) is 6.42 Å². The van der Waals surface area contributed by atoms with Crippen molar-refractivity contribution >= 4 is 5.69 Å². The average Bonchev–Trinajstić information content (AvgIpc) is 2.31. The number of hydrogen-bond acceptors (Lipinski definition) is 4. The van der Waals surface area contributed by atoms with E-state index in [2.05, 4.69) is 30.9 Å². The maximum Gasteiger partial charge on any atom is 0.142 e. The lowest BCUT2D eigenvalue weighted by Gasteiger charge is -2.18. The van der Waals surface area contributed by atoms with Crippen LogP contribution in [-0.4, -0.2) is 57.2 Å². The van der Waals surface area contributed by atoms with E-state index < -0.39 is 0 Å². The number of anilines is 1. The highest BCUT2D eigenvalue weighted by molar-refractivity contribution is 5.51. The van der Waals surface area contributed by atoms with Crippen LogP contribution in [0.4, 0.5) is 5.69 Å². The second-order valence-corrected chi connectivity index (χ2v) is 4.85. The van der Waals surface area contributed by atoms with Gasteiger partial charge in [-0.05, 0) is 52.8 Å². The summed E-state index contributed by atoms with van der Waals surface area (Å²) >= 11 is 0. The zero-order chi connectivity index (χ0) is 13.4. The Hall–Kier alpha value is -1.26. The maximum atomic E-state index is 5.81. The summed E-state index contributed by atoms with van der Waals surface area (Å²) in [4.78, 5) is 4.48. The molecule has 0 heterocycles. The average molecular weight is 251 g/mol. The fourth-order valence-corrected chi connectivity index (χ4v) is 1.69. The Morgan fingerprint density at radius 1 is 1.06 bits per heavy atom. The Balaban J connectivity index is 2.15. The molecule has 102 valence electrons. The number of nitrogen functional groups attached to an aromatic ring is 1. The molecule has 0 saturated heterocycles. The highest BCUT2D eigenvalue weighted by Gasteiger charge is 2.01. The van der Waals surface area contributed by atoms with Crippen molar-refractivity contribution in [2.45, 2.75) is 6.42 Å². The van der Waals surface area contributed by atoms with E-state index in [9.17, 15) is 0 Å². The molecule has 0 fully saturated rings. The summed E-state index contributed by atoms with van der Waals surface area (Å²) in [6, 6.07) is 7.61. The molecule has 4 heteroatoms. The van der Waals surface area contributed by atoms with Gasteiger partial charge in [-0.1, -0.05) is 12.1 Å². The van der Waals surface area contributed by atoms with Crippen molar-refractivity contribution in [1.29, 1.82) is 0 Å². The quantitative estimate of drug-likeness (QED) is 0.712. The molecule has 0 unspecified atom stereocenters. The van der Waals surface area contributed by atoms with E-state index in [1.807, 2.05) is 24.3 Å². The van der Waals surface area contributed by atoms with Gasteiger partial charge in [0.15, 0.2) is 0 Å². The molecule has 0 aliphatic rings. The molecule has 0 radical (unpaired) electrons. The number of para-hydroxylation sites is 2. The molecule has 0 spiro atoms. The third kappa shape index (κ3) is 5.89. The number of likely N-dealkylation sites (N-methyl/N-ethyl adjacent to an activating group) is 1. The van der Waals surface area contributed by atoms with Crippen LogP contribution in [0.15, 0.2) is 24.3 Å². The van der Waals surface area contributed by atoms with Crippen LogP contribution >= 0.6 is 0 Å². The summed E-state index contributed by atoms with van der Waals surface area (Å²) in [5.74, 6) is 0.777. The van der Waals surface area contributed by atoms with E-state index in [-0.39, 0.29) is 0 Å². The first kappa shape index (κ1) is 14.8. The predicted octanol–water partition coefficient (Wildman–Crippen LogP) is 1.53. The molecule has 0 atom stereocenters. The normalized spacial score (nSPS) is 11.2. The Labute approximate surface area is 110 Å². The highest BCUT2D eigenvalue weighted by Crippen LogP contribution is 2.19. The van der Waals surface area contributed by atoms with E-state index >= 15 is 0 Å². The SMILES string of the molecule is CN(C)CCCN(C)CCOc1ccccc1N. The van der Waals surface area contributed by atoms with Crippen molar-refractivity contribution in [3.63, 3.8) is 0 Å². The molecule has 0 aromatic heterocycles. The van der Waals surface area contributed by atoms with Gasteiger partial charge in [-0.15, -0.1) is 0 Å². The van der Waals surface area contributed by atoms with Crippen LogP contribution in [0.3, 0.4) is 0 Å². The van der Waals surface area contributed by atoms with Gasteiger partial charge in [-0.2, -0.15) is 0 Å². The van der Waals surface area contributed by atoms with Crippen LogP contribution in [0.1, 0.15) is 6.42 Å². The molecule has 0 aliphatic heterocycles. The highest BCUT2D eigenvalue weighted by atomic mass is 16.5. The summed E-state index contributed by atoms with van der Waals surface area (Å²) < 4.78 is 5.66. The van der Waals surface area contributed by atoms with Crippen molar-refractivity contribution in [3.8, 4) is 5.75 Å². The molecule has 0 aliphatic carbocycles. The number of hydrogen-bond donors (Lipinski definition) is 1. The molecular weight excluding hydrogens is 226 g/mol. The molecule has 18 heavy (non-hydrogen) atoms. The predicted molar refractivity (Wildman–Crippen MR) is 77.0 cm³/mol. The second kappa shape index (κ2) is 7.95. The molecule has 1 rings (SSSR count). The fraction of sp³-hybridized carbons (Fsp3) is 0.571. The zero-order valence-electron chi connectivity index (χ0n) is 11.7. The van der Waals surface area contributed by atoms with Crippen LogP contribution in [-0.2, 0) is 0 Å². The van der Waals surface area contributed by atoms with Gasteiger partial charge >= 0.3 is 0 Å². The summed E-state index contributed by atoms with van der Waals surface area (Å²) in [6.07, 6.45) is 1.18. The number of nitrogens with two attached hydrogens (primary N) is 1. The monoisotopic (exact) mass is 251 g/mol. The van der Waals surface area contributed by atoms with Crippen molar-refractivity contribution in [1.82, 2.24) is 9.80 Å². The van der Waals surface area contributed by atoms with Crippen LogP contribution in [0.5, 0.6) is 5.75 Å². The third-order valence-electron chi connectivity index (χ3n) is 2.79. The van der Waals surface area contributed by atoms with Gasteiger partial charge in [0.2, 0.25) is 0 Å². The van der Waals surface area contributed by atoms with Gasteiger partial charge < -0.3 is 20.3 Å². The summed E-state index contributed by atoms with van der Waals surface area (Å²) in [5, 5.41) is 0. The van der Waals surface area contributed by atoms with Gasteiger partial charge in [-0.25, -0.2) is 0 Å². The lowest BCUT2D eigenvalue weighted by atomic mass is 10.3. The molecule has 0 saturated carbocycles. The van der Waals surface area contributed by atoms with Crippen molar-refractivity contribution < 1.29 is 4.74 Å². The van der Waals surface area contributed by atoms with Gasteiger partial charge in [0.1, 0.15) is 12.4 Å². The molecule has 0 bridgehead atoms. The van der Waals surface area contributed by atoms with Crippen molar-refractivity contribution in [2.75, 3.05) is 53.1 Å². The zero-order valence-corrected chi connectivity index (χ0v) is 11.7. The number of benzene rings is 1. The molecular formula is C14H25N3O. The third-order valence-corrected chi connectivity index (χ3v) is 2.79. The van der Waals surface area contributed by atoms with Crippen LogP contribution in [0.25, 0.3) is 0 Å². The lowest BCUT2D eigenvalue weighted by molar-refractivity contribution is 0.230. The number of ether oxygens (including phenoxy) is 1. The molecule has 1 aromatic carbocycles. The van der Waals surface area contributed by atoms with E-state index in [1.54, 1.807) is 0 Å². The molecule has 2 N–H and O–H groups in total. The number of rotatable bonds is 8. The van der Waals surface area contributed by atoms with Gasteiger partial charge in [0.05, 0.1) is 5.69 Å². The first-order valence-electron chi connectivity index (χ1n) is 6.40. The summed E-state index contributed by atoms with van der Waals surface area (Å²) in [6.45, 7) is 3.80. The second-order valence-electron chi connectivity index (χ2n) is 4.85. The maximum absolute atomic E-state index is 5.81. The summed E-state index contributed by atoms with van der Waals surface area (Å²) in [5.41, 5.74) is 6.51. The Kier molecular flexibility index (Phi) is 6.54. The molecule has 0 amide bonds. The Morgan fingerprint density at radius 3 is 2.44 bits per heavy atom. The van der Waals surface area contributed by atoms with Gasteiger partial charge in [0.25, 0.3) is 0 Å². The van der Waals surface area contributed by atoms with Crippen LogP contribution in [0.2, 0.25) is 0 Å². The first-order valence-corrected chi connectivity index (χ1v) is 6.40. The van der Waals surface area contributed by atoms with Crippen molar-refractivity contribution in [3.05, 3.63) is 24.3 Å². The number of nitrogens with zero attached hydrogens (tertiary/aromatic N) is 2. The van der Waals surface area contributed by atoms with Crippen LogP contribution < -0.4 is 10.5 Å². The van der Waals surface area contributed by atoms with Crippen molar-refractivity contribution in [2.24, 2.45) is 0 Å². The van der Waals surface area contributed by atoms with Gasteiger partial charge in [0, 0.05) is 6.54 Å². The lowest BCUT2D eigenvalue weighted by Crippen LogP contribution is -2.27. The standard InChI is InChI=1S/C14H25N3O/c1-16(2)9-6-10-17(3)11-12-18-14-8-5-4-7-13(14)15/h4-5,7-8H,6,9-12,15H2,1-3H3. The minimum Gasteiger partial charge on any atom is -0.490 e. The van der Waals surface area contributed by atoms with E-state index in [4.69, 9.17) is 10.5 Å². The van der Waals surface area contributed by atoms with E-state index in [0.717, 1.165) is 25.4 Å². The topological polar surface area (TPSA) is 41.7 Å². The first-order chi connectivity index (χ1) is 8.59. The summed E-state index contributed by atoms with van der Waals surface area (Å²) in [7, 11) is 6.32. The Morgan fingerprint density at radius 2 is 1.78 bits per heavy atom. The fourth-order valence-electron chi connectivity index (χ4n) is 1.69. The molecule has 1 aromatic rings.